The minimum Gasteiger partial charge on any atom is -0.303 e. The van der Waals surface area contributed by atoms with Gasteiger partial charge in [-0.15, -0.1) is 0 Å². The Kier molecular flexibility index (Phi) is 4.11. The Hall–Kier alpha value is -1.15. The number of benzene rings is 1. The molecule has 16 heavy (non-hydrogen) atoms. The number of likely N-dealkylation sites (tertiary alicyclic amines) is 1. The van der Waals surface area contributed by atoms with Gasteiger partial charge in [0, 0.05) is 12.1 Å². The van der Waals surface area contributed by atoms with Gasteiger partial charge in [0.25, 0.3) is 0 Å². The van der Waals surface area contributed by atoms with Gasteiger partial charge in [0.1, 0.15) is 6.29 Å². The minimum absolute atomic E-state index is 0.765. The van der Waals surface area contributed by atoms with Gasteiger partial charge in [0.05, 0.1) is 0 Å². The molecule has 0 unspecified atom stereocenters. The van der Waals surface area contributed by atoms with Crippen molar-refractivity contribution in [3.63, 3.8) is 0 Å². The molecular weight excluding hydrogens is 198 g/mol. The summed E-state index contributed by atoms with van der Waals surface area (Å²) in [7, 11) is 0. The van der Waals surface area contributed by atoms with Crippen LogP contribution >= 0.6 is 0 Å². The summed E-state index contributed by atoms with van der Waals surface area (Å²) in [6, 6.07) is 7.93. The molecule has 1 aliphatic heterocycles. The highest BCUT2D eigenvalue weighted by Gasteiger charge is 2.09. The normalized spacial score (nSPS) is 17.2. The average Bonchev–Trinajstić information content (AvgIpc) is 2.38. The summed E-state index contributed by atoms with van der Waals surface area (Å²) >= 11 is 0. The molecule has 0 aromatic heterocycles. The lowest BCUT2D eigenvalue weighted by atomic mass is 10.1. The standard InChI is InChI=1S/C14H19NO/c16-12-14-6-4-13(5-7-14)8-11-15-9-2-1-3-10-15/h4-7,12H,1-3,8-11H2. The molecule has 2 nitrogen and oxygen atoms in total. The van der Waals surface area contributed by atoms with Crippen LogP contribution in [0.2, 0.25) is 0 Å². The maximum Gasteiger partial charge on any atom is 0.150 e. The van der Waals surface area contributed by atoms with E-state index in [9.17, 15) is 4.79 Å². The second kappa shape index (κ2) is 5.80. The van der Waals surface area contributed by atoms with Crippen molar-refractivity contribution in [3.8, 4) is 0 Å². The molecule has 1 aromatic carbocycles. The van der Waals surface area contributed by atoms with E-state index in [1.807, 2.05) is 12.1 Å². The van der Waals surface area contributed by atoms with E-state index >= 15 is 0 Å². The van der Waals surface area contributed by atoms with E-state index in [-0.39, 0.29) is 0 Å². The molecule has 1 saturated heterocycles. The van der Waals surface area contributed by atoms with E-state index in [4.69, 9.17) is 0 Å². The van der Waals surface area contributed by atoms with E-state index in [1.54, 1.807) is 0 Å². The number of hydrogen-bond acceptors (Lipinski definition) is 2. The highest BCUT2D eigenvalue weighted by molar-refractivity contribution is 5.74. The molecule has 0 amide bonds. The van der Waals surface area contributed by atoms with Crippen LogP contribution in [0.1, 0.15) is 35.2 Å². The molecule has 86 valence electrons. The zero-order valence-electron chi connectivity index (χ0n) is 9.69. The number of nitrogens with zero attached hydrogens (tertiary/aromatic N) is 1. The van der Waals surface area contributed by atoms with Gasteiger partial charge < -0.3 is 4.90 Å². The predicted octanol–water partition coefficient (Wildman–Crippen LogP) is 2.53. The van der Waals surface area contributed by atoms with E-state index in [1.165, 1.54) is 37.9 Å². The van der Waals surface area contributed by atoms with E-state index < -0.39 is 0 Å². The molecule has 1 aliphatic rings. The summed E-state index contributed by atoms with van der Waals surface area (Å²) in [5, 5.41) is 0. The third-order valence-corrected chi connectivity index (χ3v) is 3.28. The van der Waals surface area contributed by atoms with Crippen molar-refractivity contribution in [3.05, 3.63) is 35.4 Å². The second-order valence-corrected chi connectivity index (χ2v) is 4.51. The molecule has 1 heterocycles. The van der Waals surface area contributed by atoms with Gasteiger partial charge in [-0.05, 0) is 37.9 Å². The predicted molar refractivity (Wildman–Crippen MR) is 65.8 cm³/mol. The topological polar surface area (TPSA) is 20.3 Å². The van der Waals surface area contributed by atoms with Crippen molar-refractivity contribution in [2.45, 2.75) is 25.7 Å². The zero-order valence-corrected chi connectivity index (χ0v) is 9.69. The summed E-state index contributed by atoms with van der Waals surface area (Å²) in [5.74, 6) is 0. The molecular formula is C14H19NO. The van der Waals surface area contributed by atoms with E-state index in [0.717, 1.165) is 24.8 Å². The first-order valence-corrected chi connectivity index (χ1v) is 6.15. The van der Waals surface area contributed by atoms with Crippen molar-refractivity contribution < 1.29 is 4.79 Å². The summed E-state index contributed by atoms with van der Waals surface area (Å²) in [4.78, 5) is 13.1. The van der Waals surface area contributed by atoms with Crippen LogP contribution in [0.3, 0.4) is 0 Å². The monoisotopic (exact) mass is 217 g/mol. The average molecular weight is 217 g/mol. The van der Waals surface area contributed by atoms with Crippen LogP contribution in [0.5, 0.6) is 0 Å². The van der Waals surface area contributed by atoms with Crippen LogP contribution in [-0.4, -0.2) is 30.8 Å². The maximum absolute atomic E-state index is 10.5. The number of aldehydes is 1. The van der Waals surface area contributed by atoms with Gasteiger partial charge in [-0.3, -0.25) is 4.79 Å². The molecule has 2 heteroatoms. The number of carbonyl (C=O) groups excluding carboxylic acids is 1. The highest BCUT2D eigenvalue weighted by Crippen LogP contribution is 2.10. The Morgan fingerprint density at radius 3 is 2.38 bits per heavy atom. The molecule has 0 spiro atoms. The molecule has 1 fully saturated rings. The van der Waals surface area contributed by atoms with Gasteiger partial charge in [-0.25, -0.2) is 0 Å². The summed E-state index contributed by atoms with van der Waals surface area (Å²) in [6.45, 7) is 3.67. The highest BCUT2D eigenvalue weighted by atomic mass is 16.1. The molecule has 1 aromatic rings. The fourth-order valence-corrected chi connectivity index (χ4v) is 2.23. The van der Waals surface area contributed by atoms with Gasteiger partial charge in [-0.2, -0.15) is 0 Å². The first kappa shape index (κ1) is 11.3. The lowest BCUT2D eigenvalue weighted by molar-refractivity contribution is 0.112. The Labute approximate surface area is 97.3 Å². The lowest BCUT2D eigenvalue weighted by Gasteiger charge is -2.26. The van der Waals surface area contributed by atoms with Gasteiger partial charge in [0.15, 0.2) is 0 Å². The molecule has 0 atom stereocenters. The maximum atomic E-state index is 10.5. The van der Waals surface area contributed by atoms with Crippen molar-refractivity contribution >= 4 is 6.29 Å². The summed E-state index contributed by atoms with van der Waals surface area (Å²) in [6.07, 6.45) is 6.09. The summed E-state index contributed by atoms with van der Waals surface area (Å²) in [5.41, 5.74) is 2.10. The van der Waals surface area contributed by atoms with Crippen LogP contribution < -0.4 is 0 Å². The quantitative estimate of drug-likeness (QED) is 0.722. The van der Waals surface area contributed by atoms with Gasteiger partial charge in [-0.1, -0.05) is 30.7 Å². The number of rotatable bonds is 4. The van der Waals surface area contributed by atoms with Crippen molar-refractivity contribution in [1.82, 2.24) is 4.90 Å². The smallest absolute Gasteiger partial charge is 0.150 e. The van der Waals surface area contributed by atoms with E-state index in [0.29, 0.717) is 0 Å². The van der Waals surface area contributed by atoms with Crippen molar-refractivity contribution in [2.75, 3.05) is 19.6 Å². The largest absolute Gasteiger partial charge is 0.303 e. The minimum atomic E-state index is 0.765. The van der Waals surface area contributed by atoms with Crippen molar-refractivity contribution in [2.24, 2.45) is 0 Å². The second-order valence-electron chi connectivity index (χ2n) is 4.51. The van der Waals surface area contributed by atoms with E-state index in [2.05, 4.69) is 17.0 Å². The Bertz CT molecular complexity index is 325. The van der Waals surface area contributed by atoms with Crippen LogP contribution in [0, 0.1) is 0 Å². The van der Waals surface area contributed by atoms with Crippen LogP contribution in [-0.2, 0) is 6.42 Å². The zero-order chi connectivity index (χ0) is 11.2. The summed E-state index contributed by atoms with van der Waals surface area (Å²) < 4.78 is 0. The molecule has 0 aliphatic carbocycles. The number of piperidine rings is 1. The number of carbonyl (C=O) groups is 1. The first-order chi connectivity index (χ1) is 7.88. The van der Waals surface area contributed by atoms with Gasteiger partial charge in [0.2, 0.25) is 0 Å². The van der Waals surface area contributed by atoms with Gasteiger partial charge >= 0.3 is 0 Å². The number of hydrogen-bond donors (Lipinski definition) is 0. The van der Waals surface area contributed by atoms with Crippen LogP contribution in [0.15, 0.2) is 24.3 Å². The third-order valence-electron chi connectivity index (χ3n) is 3.28. The SMILES string of the molecule is O=Cc1ccc(CCN2CCCCC2)cc1. The van der Waals surface area contributed by atoms with Crippen molar-refractivity contribution in [1.29, 1.82) is 0 Å². The Morgan fingerprint density at radius 2 is 1.75 bits per heavy atom. The Balaban J connectivity index is 1.81. The molecule has 0 bridgehead atoms. The lowest BCUT2D eigenvalue weighted by Crippen LogP contribution is -2.31. The molecule has 0 N–H and O–H groups in total. The fourth-order valence-electron chi connectivity index (χ4n) is 2.23. The fraction of sp³-hybridized carbons (Fsp3) is 0.500. The molecule has 0 radical (unpaired) electrons. The Morgan fingerprint density at radius 1 is 1.06 bits per heavy atom. The molecule has 2 rings (SSSR count). The first-order valence-electron chi connectivity index (χ1n) is 6.15. The molecule has 0 saturated carbocycles. The van der Waals surface area contributed by atoms with Crippen LogP contribution in [0.4, 0.5) is 0 Å². The van der Waals surface area contributed by atoms with Crippen LogP contribution in [0.25, 0.3) is 0 Å². The third kappa shape index (κ3) is 3.17.